The summed E-state index contributed by atoms with van der Waals surface area (Å²) in [5.41, 5.74) is 5.09. The maximum atomic E-state index is 11.8. The first-order valence-electron chi connectivity index (χ1n) is 14.7. The van der Waals surface area contributed by atoms with E-state index in [2.05, 4.69) is 77.9 Å². The van der Waals surface area contributed by atoms with Crippen LogP contribution in [-0.2, 0) is 11.2 Å². The van der Waals surface area contributed by atoms with Gasteiger partial charge in [-0.1, -0.05) is 81.5 Å². The molecule has 0 amide bonds. The van der Waals surface area contributed by atoms with Gasteiger partial charge in [-0.05, 0) is 62.4 Å². The first-order valence-corrected chi connectivity index (χ1v) is 14.7. The zero-order chi connectivity index (χ0) is 27.1. The third kappa shape index (κ3) is 7.37. The fourth-order valence-electron chi connectivity index (χ4n) is 6.22. The number of anilines is 1. The van der Waals surface area contributed by atoms with Gasteiger partial charge in [0.15, 0.2) is 0 Å². The van der Waals surface area contributed by atoms with Gasteiger partial charge in [-0.2, -0.15) is 0 Å². The summed E-state index contributed by atoms with van der Waals surface area (Å²) >= 11 is 0. The average molecular weight is 521 g/mol. The molecule has 38 heavy (non-hydrogen) atoms. The molecule has 2 aromatic rings. The van der Waals surface area contributed by atoms with Gasteiger partial charge >= 0.3 is 5.97 Å². The maximum Gasteiger partial charge on any atom is 0.321 e. The number of nitrogens with zero attached hydrogens (tertiary/aromatic N) is 2. The number of nitrogens with one attached hydrogen (secondary N) is 2. The predicted molar refractivity (Wildman–Crippen MR) is 157 cm³/mol. The second-order valence-corrected chi connectivity index (χ2v) is 11.6. The van der Waals surface area contributed by atoms with E-state index in [-0.39, 0.29) is 12.2 Å². The van der Waals surface area contributed by atoms with Crippen molar-refractivity contribution in [3.05, 3.63) is 65.2 Å². The Kier molecular flexibility index (Phi) is 10.2. The summed E-state index contributed by atoms with van der Waals surface area (Å²) in [4.78, 5) is 16.4. The van der Waals surface area contributed by atoms with Crippen LogP contribution in [-0.4, -0.2) is 65.9 Å². The van der Waals surface area contributed by atoms with E-state index >= 15 is 0 Å². The number of carboxylic acid groups (broad SMARTS) is 1. The summed E-state index contributed by atoms with van der Waals surface area (Å²) in [7, 11) is 1.93. The van der Waals surface area contributed by atoms with E-state index in [4.69, 9.17) is 0 Å². The summed E-state index contributed by atoms with van der Waals surface area (Å²) in [6.07, 6.45) is 8.40. The Morgan fingerprint density at radius 3 is 2.42 bits per heavy atom. The summed E-state index contributed by atoms with van der Waals surface area (Å²) in [5, 5.41) is 17.3. The van der Waals surface area contributed by atoms with Crippen LogP contribution in [0.1, 0.15) is 75.0 Å². The monoisotopic (exact) mass is 520 g/mol. The van der Waals surface area contributed by atoms with Crippen molar-refractivity contribution < 1.29 is 9.90 Å². The van der Waals surface area contributed by atoms with Crippen LogP contribution in [0.4, 0.5) is 5.69 Å². The minimum Gasteiger partial charge on any atom is -0.480 e. The van der Waals surface area contributed by atoms with Gasteiger partial charge in [0, 0.05) is 37.3 Å². The number of hydrogen-bond acceptors (Lipinski definition) is 5. The Balaban J connectivity index is 1.38. The number of benzene rings is 2. The van der Waals surface area contributed by atoms with Crippen LogP contribution in [0, 0.1) is 12.8 Å². The van der Waals surface area contributed by atoms with E-state index in [1.807, 2.05) is 18.9 Å². The second-order valence-electron chi connectivity index (χ2n) is 11.6. The van der Waals surface area contributed by atoms with Crippen molar-refractivity contribution in [3.8, 4) is 0 Å². The molecule has 0 spiro atoms. The number of rotatable bonds is 11. The highest BCUT2D eigenvalue weighted by atomic mass is 16.4. The zero-order valence-corrected chi connectivity index (χ0v) is 23.8. The molecule has 1 aliphatic carbocycles. The van der Waals surface area contributed by atoms with Crippen LogP contribution in [0.15, 0.2) is 48.5 Å². The minimum atomic E-state index is -0.728. The minimum absolute atomic E-state index is 0.128. The zero-order valence-electron chi connectivity index (χ0n) is 23.8. The van der Waals surface area contributed by atoms with Crippen LogP contribution in [0.25, 0.3) is 0 Å². The highest BCUT2D eigenvalue weighted by Gasteiger charge is 2.34. The molecule has 2 aliphatic rings. The molecule has 2 unspecified atom stereocenters. The number of likely N-dealkylation sites (N-methyl/N-ethyl adjacent to an activating group) is 1. The first kappa shape index (κ1) is 28.6. The quantitative estimate of drug-likeness (QED) is 0.354. The van der Waals surface area contributed by atoms with Crippen molar-refractivity contribution >= 4 is 11.7 Å². The summed E-state index contributed by atoms with van der Waals surface area (Å²) in [6, 6.07) is 17.9. The molecule has 3 N–H and O–H groups in total. The van der Waals surface area contributed by atoms with E-state index in [1.54, 1.807) is 0 Å². The smallest absolute Gasteiger partial charge is 0.321 e. The first-order chi connectivity index (χ1) is 18.4. The van der Waals surface area contributed by atoms with Gasteiger partial charge in [-0.15, -0.1) is 0 Å². The standard InChI is InChI=1S/C32H48N4O2/c1-5-24(3)30(31(37)38)35(4)20-19-25-13-17-28(18-14-25)34-32-33-21-27(26-15-11-23(2)12-16-26)22-36(32)29-9-7-6-8-10-29/h11-18,24,27,29-30,32-34H,5-10,19-22H2,1-4H3,(H,37,38)/t24-,27?,30+,32?/m1/s1. The van der Waals surface area contributed by atoms with Crippen molar-refractivity contribution in [1.82, 2.24) is 15.1 Å². The molecular weight excluding hydrogens is 472 g/mol. The third-order valence-electron chi connectivity index (χ3n) is 8.83. The lowest BCUT2D eigenvalue weighted by Crippen LogP contribution is -2.61. The van der Waals surface area contributed by atoms with Crippen molar-refractivity contribution in [2.75, 3.05) is 32.0 Å². The average Bonchev–Trinajstić information content (AvgIpc) is 2.93. The molecule has 2 fully saturated rings. The van der Waals surface area contributed by atoms with Crippen molar-refractivity contribution in [1.29, 1.82) is 0 Å². The van der Waals surface area contributed by atoms with Crippen LogP contribution in [0.2, 0.25) is 0 Å². The van der Waals surface area contributed by atoms with Gasteiger partial charge in [0.1, 0.15) is 12.3 Å². The van der Waals surface area contributed by atoms with E-state index < -0.39 is 12.0 Å². The highest BCUT2D eigenvalue weighted by Crippen LogP contribution is 2.30. The fraction of sp³-hybridized carbons (Fsp3) is 0.594. The molecule has 208 valence electrons. The lowest BCUT2D eigenvalue weighted by Gasteiger charge is -2.46. The Labute approximate surface area is 229 Å². The van der Waals surface area contributed by atoms with Gasteiger partial charge in [0.25, 0.3) is 0 Å². The van der Waals surface area contributed by atoms with Gasteiger partial charge in [-0.3, -0.25) is 19.9 Å². The van der Waals surface area contributed by atoms with Crippen LogP contribution < -0.4 is 10.6 Å². The molecule has 1 saturated heterocycles. The third-order valence-corrected chi connectivity index (χ3v) is 8.83. The van der Waals surface area contributed by atoms with Crippen molar-refractivity contribution in [3.63, 3.8) is 0 Å². The van der Waals surface area contributed by atoms with E-state index in [9.17, 15) is 9.90 Å². The number of hydrogen-bond donors (Lipinski definition) is 3. The molecule has 4 atom stereocenters. The largest absolute Gasteiger partial charge is 0.480 e. The molecule has 4 rings (SSSR count). The molecule has 1 saturated carbocycles. The normalized spacial score (nSPS) is 22.8. The molecule has 1 heterocycles. The molecule has 1 aliphatic heterocycles. The number of carboxylic acids is 1. The maximum absolute atomic E-state index is 11.8. The van der Waals surface area contributed by atoms with Gasteiger partial charge < -0.3 is 10.4 Å². The second kappa shape index (κ2) is 13.6. The van der Waals surface area contributed by atoms with Crippen LogP contribution in [0.5, 0.6) is 0 Å². The lowest BCUT2D eigenvalue weighted by atomic mass is 9.90. The Hall–Kier alpha value is -2.41. The topological polar surface area (TPSA) is 67.8 Å². The number of aryl methyl sites for hydroxylation is 1. The summed E-state index contributed by atoms with van der Waals surface area (Å²) in [5.74, 6) is -0.0988. The molecule has 0 aromatic heterocycles. The van der Waals surface area contributed by atoms with Crippen LogP contribution >= 0.6 is 0 Å². The van der Waals surface area contributed by atoms with E-state index in [0.29, 0.717) is 12.0 Å². The van der Waals surface area contributed by atoms with Crippen molar-refractivity contribution in [2.45, 2.75) is 90.0 Å². The molecular formula is C32H48N4O2. The predicted octanol–water partition coefficient (Wildman–Crippen LogP) is 5.69. The Bertz CT molecular complexity index is 1000. The lowest BCUT2D eigenvalue weighted by molar-refractivity contribution is -0.144. The summed E-state index contributed by atoms with van der Waals surface area (Å²) in [6.45, 7) is 9.00. The highest BCUT2D eigenvalue weighted by molar-refractivity contribution is 5.73. The van der Waals surface area contributed by atoms with E-state index in [1.165, 1.54) is 48.8 Å². The fourth-order valence-corrected chi connectivity index (χ4v) is 6.22. The molecule has 6 heteroatoms. The molecule has 0 bridgehead atoms. The molecule has 2 aromatic carbocycles. The Morgan fingerprint density at radius 2 is 1.79 bits per heavy atom. The Morgan fingerprint density at radius 1 is 1.11 bits per heavy atom. The van der Waals surface area contributed by atoms with Crippen molar-refractivity contribution in [2.24, 2.45) is 5.92 Å². The number of aliphatic carboxylic acids is 1. The molecule has 6 nitrogen and oxygen atoms in total. The van der Waals surface area contributed by atoms with Gasteiger partial charge in [-0.25, -0.2) is 0 Å². The van der Waals surface area contributed by atoms with Gasteiger partial charge in [0.2, 0.25) is 0 Å². The van der Waals surface area contributed by atoms with Crippen LogP contribution in [0.3, 0.4) is 0 Å². The number of carbonyl (C=O) groups is 1. The van der Waals surface area contributed by atoms with Gasteiger partial charge in [0.05, 0.1) is 0 Å². The summed E-state index contributed by atoms with van der Waals surface area (Å²) < 4.78 is 0. The van der Waals surface area contributed by atoms with E-state index in [0.717, 1.165) is 38.2 Å². The SMILES string of the molecule is CC[C@@H](C)[C@@H](C(=O)O)N(C)CCc1ccc(NC2NCC(c3ccc(C)cc3)CN2C2CCCCC2)cc1. The molecule has 0 radical (unpaired) electrons.